The van der Waals surface area contributed by atoms with Gasteiger partial charge in [-0.3, -0.25) is 0 Å². The maximum absolute atomic E-state index is 6.56. The van der Waals surface area contributed by atoms with E-state index >= 15 is 0 Å². The van der Waals surface area contributed by atoms with Gasteiger partial charge in [0.1, 0.15) is 22.3 Å². The van der Waals surface area contributed by atoms with E-state index in [0.29, 0.717) is 17.5 Å². The number of para-hydroxylation sites is 1. The van der Waals surface area contributed by atoms with Crippen LogP contribution < -0.4 is 0 Å². The highest BCUT2D eigenvalue weighted by Crippen LogP contribution is 2.50. The molecule has 0 aliphatic heterocycles. The van der Waals surface area contributed by atoms with E-state index in [4.69, 9.17) is 23.8 Å². The fraction of sp³-hybridized carbons (Fsp3) is 0. The van der Waals surface area contributed by atoms with Crippen LogP contribution in [0.2, 0.25) is 0 Å². The summed E-state index contributed by atoms with van der Waals surface area (Å²) in [5, 5.41) is 6.82. The van der Waals surface area contributed by atoms with Crippen LogP contribution in [-0.4, -0.2) is 15.0 Å². The average molecular weight is 690 g/mol. The number of nitrogens with zero attached hydrogens (tertiary/aromatic N) is 3. The van der Waals surface area contributed by atoms with Gasteiger partial charge in [0.25, 0.3) is 0 Å². The molecule has 11 aromatic rings. The zero-order valence-corrected chi connectivity index (χ0v) is 28.7. The molecule has 1 aliphatic carbocycles. The third-order valence-corrected chi connectivity index (χ3v) is 10.9. The molecule has 8 aromatic carbocycles. The molecule has 0 radical (unpaired) electrons. The van der Waals surface area contributed by atoms with Crippen molar-refractivity contribution in [2.75, 3.05) is 0 Å². The molecule has 3 aromatic heterocycles. The van der Waals surface area contributed by atoms with Crippen molar-refractivity contribution in [1.29, 1.82) is 0 Å². The molecule has 5 heteroatoms. The van der Waals surface area contributed by atoms with E-state index in [-0.39, 0.29) is 0 Å². The fourth-order valence-corrected chi connectivity index (χ4v) is 8.45. The molecule has 0 saturated carbocycles. The zero-order chi connectivity index (χ0) is 35.3. The van der Waals surface area contributed by atoms with E-state index in [0.717, 1.165) is 71.7 Å². The van der Waals surface area contributed by atoms with Gasteiger partial charge in [-0.25, -0.2) is 15.0 Å². The lowest BCUT2D eigenvalue weighted by Gasteiger charge is -2.10. The van der Waals surface area contributed by atoms with Crippen LogP contribution in [0.15, 0.2) is 173 Å². The van der Waals surface area contributed by atoms with Crippen LogP contribution in [0.25, 0.3) is 122 Å². The Morgan fingerprint density at radius 2 is 0.833 bits per heavy atom. The molecule has 3 heterocycles. The monoisotopic (exact) mass is 689 g/mol. The van der Waals surface area contributed by atoms with Crippen molar-refractivity contribution in [2.45, 2.75) is 0 Å². The Kier molecular flexibility index (Phi) is 5.99. The number of furan rings is 2. The van der Waals surface area contributed by atoms with Gasteiger partial charge in [0.2, 0.25) is 0 Å². The molecule has 0 saturated heterocycles. The van der Waals surface area contributed by atoms with Crippen molar-refractivity contribution >= 4 is 54.6 Å². The first-order valence-electron chi connectivity index (χ1n) is 18.1. The van der Waals surface area contributed by atoms with Gasteiger partial charge in [-0.15, -0.1) is 0 Å². The molecule has 250 valence electrons. The normalized spacial score (nSPS) is 12.1. The highest BCUT2D eigenvalue weighted by atomic mass is 16.3. The molecule has 0 amide bonds. The van der Waals surface area contributed by atoms with Crippen molar-refractivity contribution in [3.05, 3.63) is 164 Å². The predicted octanol–water partition coefficient (Wildman–Crippen LogP) is 13.1. The number of aromatic nitrogens is 3. The molecule has 0 spiro atoms. The van der Waals surface area contributed by atoms with Crippen LogP contribution in [0.5, 0.6) is 0 Å². The summed E-state index contributed by atoms with van der Waals surface area (Å²) in [7, 11) is 0. The highest BCUT2D eigenvalue weighted by Gasteiger charge is 2.24. The van der Waals surface area contributed by atoms with Gasteiger partial charge in [0.15, 0.2) is 17.5 Å². The summed E-state index contributed by atoms with van der Waals surface area (Å²) in [5.74, 6) is 1.82. The standard InChI is InChI=1S/C49H27N3O2/c1-2-10-30(11-3-1)47-50-48(52-49(51-47)36-18-9-21-42-46(36)35-14-4-5-19-40(35)53-42)31-24-22-28(23-25-31)32-15-8-20-41-45(32)39-26-37-33-16-6-12-29-13-7-17-34(44(29)33)38(37)27-43(39)54-41/h1-27H. The van der Waals surface area contributed by atoms with Crippen LogP contribution in [0.4, 0.5) is 0 Å². The van der Waals surface area contributed by atoms with Gasteiger partial charge in [-0.1, -0.05) is 133 Å². The van der Waals surface area contributed by atoms with Crippen LogP contribution in [-0.2, 0) is 0 Å². The first-order valence-corrected chi connectivity index (χ1v) is 18.1. The Labute approximate surface area is 308 Å². The smallest absolute Gasteiger partial charge is 0.164 e. The van der Waals surface area contributed by atoms with Crippen LogP contribution in [0.1, 0.15) is 0 Å². The van der Waals surface area contributed by atoms with Crippen molar-refractivity contribution in [1.82, 2.24) is 15.0 Å². The van der Waals surface area contributed by atoms with Gasteiger partial charge in [0.05, 0.1) is 0 Å². The van der Waals surface area contributed by atoms with E-state index in [9.17, 15) is 0 Å². The van der Waals surface area contributed by atoms with Gasteiger partial charge in [0, 0.05) is 38.2 Å². The van der Waals surface area contributed by atoms with Crippen molar-refractivity contribution < 1.29 is 8.83 Å². The summed E-state index contributed by atoms with van der Waals surface area (Å²) >= 11 is 0. The Bertz CT molecular complexity index is 3320. The van der Waals surface area contributed by atoms with E-state index in [1.165, 1.54) is 33.0 Å². The Morgan fingerprint density at radius 1 is 0.296 bits per heavy atom. The number of rotatable bonds is 4. The minimum Gasteiger partial charge on any atom is -0.456 e. The third-order valence-electron chi connectivity index (χ3n) is 10.9. The van der Waals surface area contributed by atoms with E-state index in [1.54, 1.807) is 0 Å². The number of hydrogen-bond acceptors (Lipinski definition) is 5. The van der Waals surface area contributed by atoms with E-state index < -0.39 is 0 Å². The summed E-state index contributed by atoms with van der Waals surface area (Å²) in [6.45, 7) is 0. The molecule has 0 atom stereocenters. The van der Waals surface area contributed by atoms with Gasteiger partial charge in [-0.2, -0.15) is 0 Å². The summed E-state index contributed by atoms with van der Waals surface area (Å²) in [6, 6.07) is 56.7. The van der Waals surface area contributed by atoms with Crippen LogP contribution >= 0.6 is 0 Å². The lowest BCUT2D eigenvalue weighted by atomic mass is 9.96. The van der Waals surface area contributed by atoms with E-state index in [1.807, 2.05) is 60.7 Å². The van der Waals surface area contributed by atoms with Gasteiger partial charge < -0.3 is 8.83 Å². The van der Waals surface area contributed by atoms with Gasteiger partial charge in [-0.05, 0) is 74.5 Å². The Balaban J connectivity index is 1.00. The largest absolute Gasteiger partial charge is 0.456 e. The van der Waals surface area contributed by atoms with Crippen LogP contribution in [0, 0.1) is 0 Å². The molecule has 1 aliphatic rings. The second-order valence-corrected chi connectivity index (χ2v) is 13.9. The molecule has 0 unspecified atom stereocenters. The Hall–Kier alpha value is -7.37. The first-order chi connectivity index (χ1) is 26.7. The maximum Gasteiger partial charge on any atom is 0.164 e. The number of fused-ring (bicyclic) bond motifs is 9. The van der Waals surface area contributed by atoms with Gasteiger partial charge >= 0.3 is 0 Å². The molecular formula is C49H27N3O2. The lowest BCUT2D eigenvalue weighted by molar-refractivity contribution is 0.668. The molecule has 0 bridgehead atoms. The van der Waals surface area contributed by atoms with Crippen LogP contribution in [0.3, 0.4) is 0 Å². The zero-order valence-electron chi connectivity index (χ0n) is 28.7. The Morgan fingerprint density at radius 3 is 1.59 bits per heavy atom. The topological polar surface area (TPSA) is 65.0 Å². The molecule has 0 fully saturated rings. The summed E-state index contributed by atoms with van der Waals surface area (Å²) in [4.78, 5) is 15.2. The molecule has 12 rings (SSSR count). The molecule has 5 nitrogen and oxygen atoms in total. The van der Waals surface area contributed by atoms with E-state index in [2.05, 4.69) is 103 Å². The van der Waals surface area contributed by atoms with Crippen molar-refractivity contribution in [2.24, 2.45) is 0 Å². The third kappa shape index (κ3) is 4.24. The second-order valence-electron chi connectivity index (χ2n) is 13.9. The van der Waals surface area contributed by atoms with Crippen molar-refractivity contribution in [3.63, 3.8) is 0 Å². The summed E-state index contributed by atoms with van der Waals surface area (Å²) in [5.41, 5.74) is 13.3. The summed E-state index contributed by atoms with van der Waals surface area (Å²) in [6.07, 6.45) is 0. The number of benzene rings is 8. The predicted molar refractivity (Wildman–Crippen MR) is 218 cm³/mol. The highest BCUT2D eigenvalue weighted by molar-refractivity contribution is 6.21. The summed E-state index contributed by atoms with van der Waals surface area (Å²) < 4.78 is 12.8. The minimum atomic E-state index is 0.597. The minimum absolute atomic E-state index is 0.597. The molecule has 54 heavy (non-hydrogen) atoms. The van der Waals surface area contributed by atoms with Crippen molar-refractivity contribution in [3.8, 4) is 67.5 Å². The molecule has 0 N–H and O–H groups in total. The lowest BCUT2D eigenvalue weighted by Crippen LogP contribution is -2.00. The molecular weight excluding hydrogens is 663 g/mol. The second kappa shape index (κ2) is 11.1. The average Bonchev–Trinajstić information content (AvgIpc) is 3.90. The fourth-order valence-electron chi connectivity index (χ4n) is 8.45. The first kappa shape index (κ1) is 29.2. The SMILES string of the molecule is c1ccc(-c2nc(-c3ccc(-c4cccc5oc6cc7c(cc6c45)-c4cccc5cccc-7c45)cc3)nc(-c3cccc4oc5ccccc5c34)n2)cc1. The quantitative estimate of drug-likeness (QED) is 0.184. The number of hydrogen-bond donors (Lipinski definition) is 0. The maximum atomic E-state index is 6.56.